The van der Waals surface area contributed by atoms with Crippen LogP contribution in [0.5, 0.6) is 5.75 Å². The Labute approximate surface area is 84.4 Å². The third-order valence-electron chi connectivity index (χ3n) is 1.85. The van der Waals surface area contributed by atoms with Gasteiger partial charge in [0.25, 0.3) is 0 Å². The first-order valence-corrected chi connectivity index (χ1v) is 4.12. The lowest BCUT2D eigenvalue weighted by Crippen LogP contribution is -2.21. The molecule has 0 radical (unpaired) electrons. The summed E-state index contributed by atoms with van der Waals surface area (Å²) in [6.07, 6.45) is 3.20. The maximum Gasteiger partial charge on any atom is 0.137 e. The minimum Gasteiger partial charge on any atom is -0.506 e. The van der Waals surface area contributed by atoms with Crippen molar-refractivity contribution >= 4 is 12.4 Å². The number of aromatic hydroxyl groups is 1. The molecule has 74 valence electrons. The van der Waals surface area contributed by atoms with Crippen LogP contribution in [0.2, 0.25) is 0 Å². The van der Waals surface area contributed by atoms with E-state index in [9.17, 15) is 5.11 Å². The van der Waals surface area contributed by atoms with E-state index in [0.717, 1.165) is 6.42 Å². The van der Waals surface area contributed by atoms with Crippen molar-refractivity contribution in [2.45, 2.75) is 25.8 Å². The molecule has 0 aliphatic rings. The van der Waals surface area contributed by atoms with Gasteiger partial charge in [-0.25, -0.2) is 0 Å². The highest BCUT2D eigenvalue weighted by molar-refractivity contribution is 5.85. The van der Waals surface area contributed by atoms with Gasteiger partial charge in [0.2, 0.25) is 0 Å². The van der Waals surface area contributed by atoms with Crippen LogP contribution in [0, 0.1) is 0 Å². The van der Waals surface area contributed by atoms with Crippen molar-refractivity contribution in [3.05, 3.63) is 24.0 Å². The molecule has 0 aliphatic carbocycles. The molecule has 1 atom stereocenters. The molecule has 3 N–H and O–H groups in total. The first-order valence-electron chi connectivity index (χ1n) is 4.12. The maximum atomic E-state index is 9.34. The highest BCUT2D eigenvalue weighted by atomic mass is 35.5. The molecule has 1 unspecified atom stereocenters. The molecule has 3 nitrogen and oxygen atoms in total. The zero-order chi connectivity index (χ0) is 8.97. The lowest BCUT2D eigenvalue weighted by atomic mass is 10.1. The van der Waals surface area contributed by atoms with E-state index < -0.39 is 0 Å². The van der Waals surface area contributed by atoms with Crippen LogP contribution in [-0.4, -0.2) is 16.1 Å². The number of halogens is 1. The Morgan fingerprint density at radius 2 is 2.31 bits per heavy atom. The summed E-state index contributed by atoms with van der Waals surface area (Å²) in [7, 11) is 0. The predicted molar refractivity (Wildman–Crippen MR) is 55.1 cm³/mol. The smallest absolute Gasteiger partial charge is 0.137 e. The molecule has 1 heterocycles. The number of pyridine rings is 1. The zero-order valence-corrected chi connectivity index (χ0v) is 8.42. The molecular weight excluding hydrogens is 188 g/mol. The van der Waals surface area contributed by atoms with Gasteiger partial charge in [-0.2, -0.15) is 0 Å². The fourth-order valence-electron chi connectivity index (χ4n) is 0.979. The Kier molecular flexibility index (Phi) is 5.42. The molecule has 0 spiro atoms. The standard InChI is InChI=1S/C9H14N2O.ClH/c1-2-7(10)6-8-9(12)4-3-5-11-8;/h3-5,7,12H,2,6,10H2,1H3;1H. The van der Waals surface area contributed by atoms with Crippen molar-refractivity contribution in [3.63, 3.8) is 0 Å². The summed E-state index contributed by atoms with van der Waals surface area (Å²) >= 11 is 0. The van der Waals surface area contributed by atoms with Gasteiger partial charge < -0.3 is 10.8 Å². The highest BCUT2D eigenvalue weighted by Gasteiger charge is 2.05. The summed E-state index contributed by atoms with van der Waals surface area (Å²) in [5.41, 5.74) is 6.41. The number of rotatable bonds is 3. The second kappa shape index (κ2) is 5.78. The fraction of sp³-hybridized carbons (Fsp3) is 0.444. The van der Waals surface area contributed by atoms with Crippen molar-refractivity contribution in [3.8, 4) is 5.75 Å². The lowest BCUT2D eigenvalue weighted by Gasteiger charge is -2.08. The SMILES string of the molecule is CCC(N)Cc1ncccc1O.Cl. The predicted octanol–water partition coefficient (Wildman–Crippen LogP) is 1.49. The van der Waals surface area contributed by atoms with E-state index in [0.29, 0.717) is 12.1 Å². The summed E-state index contributed by atoms with van der Waals surface area (Å²) in [6.45, 7) is 2.02. The summed E-state index contributed by atoms with van der Waals surface area (Å²) in [4.78, 5) is 4.04. The van der Waals surface area contributed by atoms with Gasteiger partial charge in [0.05, 0.1) is 5.69 Å². The van der Waals surface area contributed by atoms with Crippen molar-refractivity contribution in [2.75, 3.05) is 0 Å². The third kappa shape index (κ3) is 3.61. The molecule has 0 saturated carbocycles. The number of nitrogens with two attached hydrogens (primary N) is 1. The second-order valence-electron chi connectivity index (χ2n) is 2.84. The van der Waals surface area contributed by atoms with Crippen molar-refractivity contribution in [1.29, 1.82) is 0 Å². The van der Waals surface area contributed by atoms with Crippen LogP contribution in [0.1, 0.15) is 19.0 Å². The van der Waals surface area contributed by atoms with Gasteiger partial charge in [0, 0.05) is 18.7 Å². The van der Waals surface area contributed by atoms with Crippen LogP contribution in [0.4, 0.5) is 0 Å². The van der Waals surface area contributed by atoms with Gasteiger partial charge in [-0.1, -0.05) is 6.92 Å². The molecular formula is C9H15ClN2O. The number of aromatic nitrogens is 1. The number of hydrogen-bond donors (Lipinski definition) is 2. The van der Waals surface area contributed by atoms with E-state index in [1.54, 1.807) is 18.3 Å². The Bertz CT molecular complexity index is 255. The highest BCUT2D eigenvalue weighted by Crippen LogP contribution is 2.14. The lowest BCUT2D eigenvalue weighted by molar-refractivity contribution is 0.459. The molecule has 0 saturated heterocycles. The molecule has 0 aromatic carbocycles. The Hall–Kier alpha value is -0.800. The normalized spacial score (nSPS) is 11.8. The molecule has 13 heavy (non-hydrogen) atoms. The molecule has 0 amide bonds. The minimum atomic E-state index is 0. The number of hydrogen-bond acceptors (Lipinski definition) is 3. The van der Waals surface area contributed by atoms with Crippen LogP contribution < -0.4 is 5.73 Å². The maximum absolute atomic E-state index is 9.34. The Morgan fingerprint density at radius 3 is 2.85 bits per heavy atom. The summed E-state index contributed by atoms with van der Waals surface area (Å²) in [5, 5.41) is 9.34. The first kappa shape index (κ1) is 12.2. The molecule has 4 heteroatoms. The molecule has 1 aromatic rings. The summed E-state index contributed by atoms with van der Waals surface area (Å²) < 4.78 is 0. The van der Waals surface area contributed by atoms with Crippen LogP contribution in [0.3, 0.4) is 0 Å². The van der Waals surface area contributed by atoms with Gasteiger partial charge in [0.15, 0.2) is 0 Å². The summed E-state index contributed by atoms with van der Waals surface area (Å²) in [5.74, 6) is 0.237. The van der Waals surface area contributed by atoms with Gasteiger partial charge in [0.1, 0.15) is 5.75 Å². The molecule has 0 bridgehead atoms. The molecule has 0 fully saturated rings. The van der Waals surface area contributed by atoms with Crippen LogP contribution in [0.25, 0.3) is 0 Å². The minimum absolute atomic E-state index is 0. The van der Waals surface area contributed by atoms with Crippen LogP contribution in [-0.2, 0) is 6.42 Å². The average molecular weight is 203 g/mol. The van der Waals surface area contributed by atoms with Crippen molar-refractivity contribution in [1.82, 2.24) is 4.98 Å². The molecule has 1 aromatic heterocycles. The van der Waals surface area contributed by atoms with Gasteiger partial charge in [-0.3, -0.25) is 4.98 Å². The summed E-state index contributed by atoms with van der Waals surface area (Å²) in [6, 6.07) is 3.42. The van der Waals surface area contributed by atoms with Gasteiger partial charge >= 0.3 is 0 Å². The van der Waals surface area contributed by atoms with E-state index in [-0.39, 0.29) is 24.2 Å². The van der Waals surface area contributed by atoms with Crippen molar-refractivity contribution < 1.29 is 5.11 Å². The fourth-order valence-corrected chi connectivity index (χ4v) is 0.979. The van der Waals surface area contributed by atoms with Gasteiger partial charge in [-0.15, -0.1) is 12.4 Å². The average Bonchev–Trinajstić information content (AvgIpc) is 2.09. The van der Waals surface area contributed by atoms with Crippen LogP contribution in [0.15, 0.2) is 18.3 Å². The quantitative estimate of drug-likeness (QED) is 0.781. The first-order chi connectivity index (χ1) is 5.74. The van der Waals surface area contributed by atoms with E-state index in [2.05, 4.69) is 4.98 Å². The zero-order valence-electron chi connectivity index (χ0n) is 7.60. The second-order valence-corrected chi connectivity index (χ2v) is 2.84. The van der Waals surface area contributed by atoms with E-state index in [4.69, 9.17) is 5.73 Å². The van der Waals surface area contributed by atoms with Crippen molar-refractivity contribution in [2.24, 2.45) is 5.73 Å². The molecule has 0 aliphatic heterocycles. The number of nitrogens with zero attached hydrogens (tertiary/aromatic N) is 1. The van der Waals surface area contributed by atoms with Gasteiger partial charge in [-0.05, 0) is 18.6 Å². The molecule has 1 rings (SSSR count). The van der Waals surface area contributed by atoms with E-state index >= 15 is 0 Å². The van der Waals surface area contributed by atoms with Crippen LogP contribution >= 0.6 is 12.4 Å². The Balaban J connectivity index is 0.00000144. The Morgan fingerprint density at radius 1 is 1.62 bits per heavy atom. The third-order valence-corrected chi connectivity index (χ3v) is 1.85. The monoisotopic (exact) mass is 202 g/mol. The van der Waals surface area contributed by atoms with E-state index in [1.165, 1.54) is 0 Å². The van der Waals surface area contributed by atoms with E-state index in [1.807, 2.05) is 6.92 Å². The topological polar surface area (TPSA) is 59.1 Å². The largest absolute Gasteiger partial charge is 0.506 e.